The lowest BCUT2D eigenvalue weighted by molar-refractivity contribution is -0.163. The average molecular weight is 329 g/mol. The van der Waals surface area contributed by atoms with Gasteiger partial charge in [-0.25, -0.2) is 0 Å². The third kappa shape index (κ3) is 1.81. The molecule has 0 radical (unpaired) electrons. The Morgan fingerprint density at radius 1 is 1.12 bits per heavy atom. The van der Waals surface area contributed by atoms with E-state index in [4.69, 9.17) is 6.42 Å². The molecule has 3 nitrogen and oxygen atoms in total. The Morgan fingerprint density at radius 3 is 2.54 bits per heavy atom. The van der Waals surface area contributed by atoms with Crippen LogP contribution in [0, 0.1) is 40.9 Å². The summed E-state index contributed by atoms with van der Waals surface area (Å²) in [5.74, 6) is 4.95. The second-order valence-corrected chi connectivity index (χ2v) is 9.48. The number of hydrogen-bond acceptors (Lipinski definition) is 2. The molecule has 7 atom stereocenters. The molecule has 0 bridgehead atoms. The predicted octanol–water partition coefficient (Wildman–Crippen LogP) is 3.21. The second kappa shape index (κ2) is 5.01. The molecule has 3 aliphatic carbocycles. The van der Waals surface area contributed by atoms with Crippen LogP contribution in [0.15, 0.2) is 0 Å². The lowest BCUT2D eigenvalue weighted by Gasteiger charge is -2.62. The largest absolute Gasteiger partial charge is 0.377 e. The molecule has 1 heterocycles. The number of fused-ring (bicyclic) bond motifs is 5. The molecule has 2 unspecified atom stereocenters. The fraction of sp³-hybridized carbons (Fsp3) is 0.857. The Morgan fingerprint density at radius 2 is 1.83 bits per heavy atom. The van der Waals surface area contributed by atoms with Crippen molar-refractivity contribution < 1.29 is 9.90 Å². The molecule has 0 aromatic heterocycles. The van der Waals surface area contributed by atoms with Gasteiger partial charge in [-0.15, -0.1) is 6.42 Å². The maximum atomic E-state index is 12.2. The van der Waals surface area contributed by atoms with Crippen LogP contribution in [-0.4, -0.2) is 34.6 Å². The van der Waals surface area contributed by atoms with Crippen LogP contribution < -0.4 is 0 Å². The lowest BCUT2D eigenvalue weighted by Crippen LogP contribution is -2.62. The minimum atomic E-state index is -0.917. The molecular formula is C21H31NO2. The van der Waals surface area contributed by atoms with Crippen molar-refractivity contribution in [3.63, 3.8) is 0 Å². The monoisotopic (exact) mass is 329 g/mol. The Bertz CT molecular complexity index is 609. The topological polar surface area (TPSA) is 40.5 Å². The maximum absolute atomic E-state index is 12.2. The normalized spacial score (nSPS) is 53.8. The van der Waals surface area contributed by atoms with Crippen LogP contribution in [0.25, 0.3) is 0 Å². The van der Waals surface area contributed by atoms with Crippen molar-refractivity contribution in [2.24, 2.45) is 28.6 Å². The molecule has 4 fully saturated rings. The summed E-state index contributed by atoms with van der Waals surface area (Å²) in [5.41, 5.74) is -0.800. The smallest absolute Gasteiger partial charge is 0.222 e. The molecule has 1 amide bonds. The van der Waals surface area contributed by atoms with E-state index >= 15 is 0 Å². The van der Waals surface area contributed by atoms with Crippen LogP contribution in [0.3, 0.4) is 0 Å². The summed E-state index contributed by atoms with van der Waals surface area (Å²) in [5, 5.41) is 11.0. The van der Waals surface area contributed by atoms with E-state index in [1.807, 2.05) is 11.9 Å². The van der Waals surface area contributed by atoms with E-state index in [1.54, 1.807) is 0 Å². The molecule has 0 aromatic rings. The number of likely N-dealkylation sites (tertiary alicyclic amines) is 1. The number of amides is 1. The van der Waals surface area contributed by atoms with Crippen LogP contribution in [0.4, 0.5) is 0 Å². The van der Waals surface area contributed by atoms with Gasteiger partial charge in [-0.05, 0) is 68.1 Å². The highest BCUT2D eigenvalue weighted by Gasteiger charge is 2.64. The van der Waals surface area contributed by atoms with Gasteiger partial charge in [-0.3, -0.25) is 4.79 Å². The standard InChI is InChI=1S/C21H31NO2/c1-5-21(24)13-9-16-14-6-7-17-19(2,11-10-18(23)22(17)4)15(14)8-12-20(16,21)3/h1,14-17,24H,6-13H2,2-4H3/t14?,15?,16-,17+,19+,20-,21-/m0/s1. The third-order valence-electron chi connectivity index (χ3n) is 8.95. The number of nitrogens with zero attached hydrogens (tertiary/aromatic N) is 1. The zero-order valence-electron chi connectivity index (χ0n) is 15.3. The van der Waals surface area contributed by atoms with E-state index in [9.17, 15) is 9.90 Å². The Balaban J connectivity index is 1.67. The zero-order valence-corrected chi connectivity index (χ0v) is 15.3. The van der Waals surface area contributed by atoms with Gasteiger partial charge >= 0.3 is 0 Å². The molecular weight excluding hydrogens is 298 g/mol. The Kier molecular flexibility index (Phi) is 3.43. The SMILES string of the molecule is C#C[C@]1(O)CC[C@H]2C3CC[C@H]4N(C)C(=O)CC[C@]4(C)C3CC[C@@]21C. The number of terminal acetylenes is 1. The van der Waals surface area contributed by atoms with Gasteiger partial charge in [0.15, 0.2) is 0 Å². The first-order valence-electron chi connectivity index (χ1n) is 9.73. The summed E-state index contributed by atoms with van der Waals surface area (Å²) in [7, 11) is 2.00. The second-order valence-electron chi connectivity index (χ2n) is 9.48. The van der Waals surface area contributed by atoms with E-state index in [-0.39, 0.29) is 10.8 Å². The number of hydrogen-bond donors (Lipinski definition) is 1. The van der Waals surface area contributed by atoms with Crippen LogP contribution in [0.5, 0.6) is 0 Å². The summed E-state index contributed by atoms with van der Waals surface area (Å²) in [4.78, 5) is 14.2. The number of rotatable bonds is 0. The highest BCUT2D eigenvalue weighted by Crippen LogP contribution is 2.66. The minimum Gasteiger partial charge on any atom is -0.377 e. The maximum Gasteiger partial charge on any atom is 0.222 e. The van der Waals surface area contributed by atoms with Gasteiger partial charge < -0.3 is 10.0 Å². The van der Waals surface area contributed by atoms with Gasteiger partial charge in [0.05, 0.1) is 0 Å². The van der Waals surface area contributed by atoms with Gasteiger partial charge in [-0.2, -0.15) is 0 Å². The molecule has 4 aliphatic rings. The van der Waals surface area contributed by atoms with E-state index in [2.05, 4.69) is 19.8 Å². The van der Waals surface area contributed by atoms with Crippen LogP contribution in [0.2, 0.25) is 0 Å². The zero-order chi connectivity index (χ0) is 17.3. The number of aliphatic hydroxyl groups is 1. The number of carbonyl (C=O) groups excluding carboxylic acids is 1. The van der Waals surface area contributed by atoms with Crippen molar-refractivity contribution in [2.75, 3.05) is 7.05 Å². The molecule has 132 valence electrons. The quantitative estimate of drug-likeness (QED) is 0.693. The summed E-state index contributed by atoms with van der Waals surface area (Å²) in [6.45, 7) is 4.67. The van der Waals surface area contributed by atoms with E-state index in [1.165, 1.54) is 6.42 Å². The Labute approximate surface area is 146 Å². The summed E-state index contributed by atoms with van der Waals surface area (Å²) in [6, 6.07) is 0.400. The van der Waals surface area contributed by atoms with Crippen molar-refractivity contribution in [1.29, 1.82) is 0 Å². The van der Waals surface area contributed by atoms with Crippen LogP contribution >= 0.6 is 0 Å². The molecule has 1 aliphatic heterocycles. The van der Waals surface area contributed by atoms with Gasteiger partial charge in [0.25, 0.3) is 0 Å². The number of piperidine rings is 1. The lowest BCUT2D eigenvalue weighted by atomic mass is 9.46. The highest BCUT2D eigenvalue weighted by molar-refractivity contribution is 5.77. The van der Waals surface area contributed by atoms with Crippen molar-refractivity contribution in [1.82, 2.24) is 4.90 Å². The summed E-state index contributed by atoms with van der Waals surface area (Å²) >= 11 is 0. The highest BCUT2D eigenvalue weighted by atomic mass is 16.3. The summed E-state index contributed by atoms with van der Waals surface area (Å²) in [6.07, 6.45) is 13.8. The van der Waals surface area contributed by atoms with Gasteiger partial charge in [0.1, 0.15) is 5.60 Å². The third-order valence-corrected chi connectivity index (χ3v) is 8.95. The predicted molar refractivity (Wildman–Crippen MR) is 94.0 cm³/mol. The first-order valence-corrected chi connectivity index (χ1v) is 9.73. The fourth-order valence-corrected chi connectivity index (χ4v) is 7.40. The molecule has 3 heteroatoms. The van der Waals surface area contributed by atoms with E-state index in [0.717, 1.165) is 38.5 Å². The Hall–Kier alpha value is -1.01. The molecule has 1 saturated heterocycles. The molecule has 3 saturated carbocycles. The van der Waals surface area contributed by atoms with Crippen molar-refractivity contribution in [3.8, 4) is 12.3 Å². The molecule has 4 rings (SSSR count). The molecule has 0 aromatic carbocycles. The minimum absolute atomic E-state index is 0.123. The van der Waals surface area contributed by atoms with Crippen molar-refractivity contribution in [2.45, 2.75) is 76.9 Å². The van der Waals surface area contributed by atoms with Gasteiger partial charge in [0, 0.05) is 24.9 Å². The van der Waals surface area contributed by atoms with Crippen molar-refractivity contribution in [3.05, 3.63) is 0 Å². The summed E-state index contributed by atoms with van der Waals surface area (Å²) < 4.78 is 0. The van der Waals surface area contributed by atoms with Crippen molar-refractivity contribution >= 4 is 5.91 Å². The van der Waals surface area contributed by atoms with Crippen LogP contribution in [0.1, 0.15) is 65.2 Å². The molecule has 24 heavy (non-hydrogen) atoms. The first kappa shape index (κ1) is 16.5. The van der Waals surface area contributed by atoms with Crippen LogP contribution in [-0.2, 0) is 4.79 Å². The molecule has 0 spiro atoms. The molecule has 1 N–H and O–H groups in total. The van der Waals surface area contributed by atoms with Gasteiger partial charge in [0.2, 0.25) is 5.91 Å². The first-order chi connectivity index (χ1) is 11.3. The van der Waals surface area contributed by atoms with E-state index < -0.39 is 5.60 Å². The number of carbonyl (C=O) groups is 1. The van der Waals surface area contributed by atoms with Gasteiger partial charge in [-0.1, -0.05) is 19.8 Å². The van der Waals surface area contributed by atoms with E-state index in [0.29, 0.717) is 36.1 Å². The fourth-order valence-electron chi connectivity index (χ4n) is 7.40. The average Bonchev–Trinajstić information content (AvgIpc) is 2.84.